The summed E-state index contributed by atoms with van der Waals surface area (Å²) in [6.07, 6.45) is 6.09. The van der Waals surface area contributed by atoms with Crippen LogP contribution in [0.15, 0.2) is 18.3 Å². The van der Waals surface area contributed by atoms with Crippen molar-refractivity contribution in [3.8, 4) is 0 Å². The van der Waals surface area contributed by atoms with E-state index in [2.05, 4.69) is 11.1 Å². The molecule has 0 spiro atoms. The van der Waals surface area contributed by atoms with E-state index in [4.69, 9.17) is 16.3 Å². The van der Waals surface area contributed by atoms with Crippen molar-refractivity contribution in [3.63, 3.8) is 0 Å². The summed E-state index contributed by atoms with van der Waals surface area (Å²) in [5, 5.41) is 1.29. The molecule has 1 aromatic heterocycles. The number of pyridine rings is 1. The lowest BCUT2D eigenvalue weighted by Crippen LogP contribution is -2.08. The van der Waals surface area contributed by atoms with Gasteiger partial charge in [-0.2, -0.15) is 0 Å². The second-order valence-electron chi connectivity index (χ2n) is 5.01. The van der Waals surface area contributed by atoms with Crippen molar-refractivity contribution in [2.24, 2.45) is 0 Å². The summed E-state index contributed by atoms with van der Waals surface area (Å²) < 4.78 is 5.01. The number of aryl methyl sites for hydroxylation is 2. The van der Waals surface area contributed by atoms with Gasteiger partial charge >= 0.3 is 5.97 Å². The number of nitrogens with zero attached hydrogens (tertiary/aromatic N) is 1. The number of benzene rings is 1. The van der Waals surface area contributed by atoms with Gasteiger partial charge in [0.1, 0.15) is 0 Å². The normalized spacial score (nSPS) is 14.1. The first-order valence-electron chi connectivity index (χ1n) is 6.98. The van der Waals surface area contributed by atoms with Crippen LogP contribution >= 0.6 is 11.6 Å². The van der Waals surface area contributed by atoms with E-state index in [-0.39, 0.29) is 0 Å². The summed E-state index contributed by atoms with van der Waals surface area (Å²) in [7, 11) is 0. The van der Waals surface area contributed by atoms with Crippen LogP contribution in [0.1, 0.15) is 41.3 Å². The standard InChI is InChI=1S/C16H16ClNO2/c1-2-20-16(19)13-9-18-15-11-6-4-3-5-10(11)7-8-12(15)14(13)17/h7-9H,2-6H2,1H3. The van der Waals surface area contributed by atoms with E-state index in [9.17, 15) is 4.79 Å². The Morgan fingerprint density at radius 2 is 2.15 bits per heavy atom. The molecule has 3 nitrogen and oxygen atoms in total. The van der Waals surface area contributed by atoms with Gasteiger partial charge in [0.25, 0.3) is 0 Å². The Morgan fingerprint density at radius 3 is 2.95 bits per heavy atom. The molecule has 20 heavy (non-hydrogen) atoms. The Bertz CT molecular complexity index is 682. The van der Waals surface area contributed by atoms with E-state index in [1.807, 2.05) is 6.07 Å². The highest BCUT2D eigenvalue weighted by Crippen LogP contribution is 2.33. The zero-order valence-electron chi connectivity index (χ0n) is 11.4. The number of esters is 1. The topological polar surface area (TPSA) is 39.2 Å². The van der Waals surface area contributed by atoms with Gasteiger partial charge in [0.15, 0.2) is 0 Å². The van der Waals surface area contributed by atoms with E-state index in [1.54, 1.807) is 6.92 Å². The van der Waals surface area contributed by atoms with E-state index in [0.29, 0.717) is 17.2 Å². The zero-order chi connectivity index (χ0) is 14.1. The maximum atomic E-state index is 11.9. The first kappa shape index (κ1) is 13.4. The highest BCUT2D eigenvalue weighted by atomic mass is 35.5. The molecule has 2 aromatic rings. The van der Waals surface area contributed by atoms with Crippen LogP contribution in [0.2, 0.25) is 5.02 Å². The van der Waals surface area contributed by atoms with Crippen molar-refractivity contribution < 1.29 is 9.53 Å². The average Bonchev–Trinajstić information content (AvgIpc) is 2.47. The number of ether oxygens (including phenoxy) is 1. The Labute approximate surface area is 122 Å². The molecule has 0 bridgehead atoms. The smallest absolute Gasteiger partial charge is 0.341 e. The predicted octanol–water partition coefficient (Wildman–Crippen LogP) is 3.94. The molecule has 1 aliphatic rings. The zero-order valence-corrected chi connectivity index (χ0v) is 12.2. The van der Waals surface area contributed by atoms with Crippen molar-refractivity contribution in [2.75, 3.05) is 6.61 Å². The third-order valence-electron chi connectivity index (χ3n) is 3.79. The maximum Gasteiger partial charge on any atom is 0.341 e. The molecule has 1 heterocycles. The highest BCUT2D eigenvalue weighted by Gasteiger charge is 2.19. The summed E-state index contributed by atoms with van der Waals surface area (Å²) in [4.78, 5) is 16.3. The van der Waals surface area contributed by atoms with Crippen LogP contribution in [0.4, 0.5) is 0 Å². The van der Waals surface area contributed by atoms with Gasteiger partial charge in [0, 0.05) is 11.6 Å². The molecule has 0 amide bonds. The number of carbonyl (C=O) groups is 1. The number of hydrogen-bond acceptors (Lipinski definition) is 3. The van der Waals surface area contributed by atoms with Crippen molar-refractivity contribution in [3.05, 3.63) is 40.0 Å². The summed E-state index contributed by atoms with van der Waals surface area (Å²) in [6, 6.07) is 4.08. The predicted molar refractivity (Wildman–Crippen MR) is 79.4 cm³/mol. The Hall–Kier alpha value is -1.61. The molecule has 3 rings (SSSR count). The molecule has 0 atom stereocenters. The SMILES string of the molecule is CCOC(=O)c1cnc2c3c(ccc2c1Cl)CCCC3. The molecular weight excluding hydrogens is 274 g/mol. The quantitative estimate of drug-likeness (QED) is 0.786. The molecular formula is C16H16ClNO2. The first-order chi connectivity index (χ1) is 9.72. The summed E-state index contributed by atoms with van der Waals surface area (Å²) in [5.74, 6) is -0.412. The minimum Gasteiger partial charge on any atom is -0.462 e. The molecule has 0 fully saturated rings. The van der Waals surface area contributed by atoms with Gasteiger partial charge < -0.3 is 4.74 Å². The summed E-state index contributed by atoms with van der Waals surface area (Å²) in [5.41, 5.74) is 3.92. The van der Waals surface area contributed by atoms with Crippen molar-refractivity contribution in [2.45, 2.75) is 32.6 Å². The molecule has 4 heteroatoms. The molecule has 0 unspecified atom stereocenters. The fourth-order valence-electron chi connectivity index (χ4n) is 2.82. The van der Waals surface area contributed by atoms with Gasteiger partial charge in [-0.1, -0.05) is 23.7 Å². The third kappa shape index (κ3) is 2.16. The molecule has 0 radical (unpaired) electrons. The average molecular weight is 290 g/mol. The van der Waals surface area contributed by atoms with Gasteiger partial charge in [-0.25, -0.2) is 4.79 Å². The monoisotopic (exact) mass is 289 g/mol. The number of hydrogen-bond donors (Lipinski definition) is 0. The van der Waals surface area contributed by atoms with Crippen molar-refractivity contribution in [1.29, 1.82) is 0 Å². The molecule has 1 aliphatic carbocycles. The lowest BCUT2D eigenvalue weighted by Gasteiger charge is -2.18. The number of rotatable bonds is 2. The fourth-order valence-corrected chi connectivity index (χ4v) is 3.09. The molecule has 0 N–H and O–H groups in total. The fraction of sp³-hybridized carbons (Fsp3) is 0.375. The van der Waals surface area contributed by atoms with Crippen LogP contribution in [0.5, 0.6) is 0 Å². The second-order valence-corrected chi connectivity index (χ2v) is 5.39. The maximum absolute atomic E-state index is 11.9. The Kier molecular flexibility index (Phi) is 3.62. The van der Waals surface area contributed by atoms with Gasteiger partial charge in [-0.05, 0) is 43.7 Å². The van der Waals surface area contributed by atoms with Crippen LogP contribution in [-0.4, -0.2) is 17.6 Å². The number of halogens is 1. The van der Waals surface area contributed by atoms with E-state index >= 15 is 0 Å². The lowest BCUT2D eigenvalue weighted by molar-refractivity contribution is 0.0526. The molecule has 104 valence electrons. The molecule has 0 saturated heterocycles. The number of aromatic nitrogens is 1. The van der Waals surface area contributed by atoms with E-state index < -0.39 is 5.97 Å². The van der Waals surface area contributed by atoms with Gasteiger partial charge in [0.05, 0.1) is 22.7 Å². The first-order valence-corrected chi connectivity index (χ1v) is 7.36. The van der Waals surface area contributed by atoms with E-state index in [0.717, 1.165) is 23.7 Å². The second kappa shape index (κ2) is 5.41. The van der Waals surface area contributed by atoms with Crippen LogP contribution in [-0.2, 0) is 17.6 Å². The Balaban J connectivity index is 2.17. The van der Waals surface area contributed by atoms with Gasteiger partial charge in [0.2, 0.25) is 0 Å². The van der Waals surface area contributed by atoms with Gasteiger partial charge in [-0.15, -0.1) is 0 Å². The molecule has 0 aliphatic heterocycles. The van der Waals surface area contributed by atoms with Crippen molar-refractivity contribution in [1.82, 2.24) is 4.98 Å². The van der Waals surface area contributed by atoms with Crippen molar-refractivity contribution >= 4 is 28.5 Å². The number of carbonyl (C=O) groups excluding carboxylic acids is 1. The minimum atomic E-state index is -0.412. The Morgan fingerprint density at radius 1 is 1.35 bits per heavy atom. The van der Waals surface area contributed by atoms with Crippen LogP contribution in [0.25, 0.3) is 10.9 Å². The molecule has 0 saturated carbocycles. The summed E-state index contributed by atoms with van der Waals surface area (Å²) >= 11 is 6.37. The highest BCUT2D eigenvalue weighted by molar-refractivity contribution is 6.38. The third-order valence-corrected chi connectivity index (χ3v) is 4.20. The number of fused-ring (bicyclic) bond motifs is 3. The lowest BCUT2D eigenvalue weighted by atomic mass is 9.89. The van der Waals surface area contributed by atoms with Crippen LogP contribution in [0.3, 0.4) is 0 Å². The van der Waals surface area contributed by atoms with E-state index in [1.165, 1.54) is 30.2 Å². The summed E-state index contributed by atoms with van der Waals surface area (Å²) in [6.45, 7) is 2.11. The van der Waals surface area contributed by atoms with Crippen LogP contribution < -0.4 is 0 Å². The minimum absolute atomic E-state index is 0.331. The largest absolute Gasteiger partial charge is 0.462 e. The van der Waals surface area contributed by atoms with Crippen LogP contribution in [0, 0.1) is 0 Å². The van der Waals surface area contributed by atoms with Gasteiger partial charge in [-0.3, -0.25) is 4.98 Å². The molecule has 1 aromatic carbocycles.